The Kier molecular flexibility index (Phi) is 5.81. The highest BCUT2D eigenvalue weighted by atomic mass is 32.2. The SMILES string of the molecule is CC(C)CNC(=O)C(=O)Nc1ccc(Sc2nccn2C)cc1. The van der Waals surface area contributed by atoms with Crippen molar-refractivity contribution in [2.24, 2.45) is 13.0 Å². The van der Waals surface area contributed by atoms with Gasteiger partial charge in [0.2, 0.25) is 0 Å². The van der Waals surface area contributed by atoms with Crippen molar-refractivity contribution >= 4 is 29.3 Å². The first-order valence-corrected chi connectivity index (χ1v) is 8.12. The molecule has 0 spiro atoms. The molecule has 0 saturated heterocycles. The highest BCUT2D eigenvalue weighted by Gasteiger charge is 2.13. The zero-order valence-corrected chi connectivity index (χ0v) is 14.2. The first-order chi connectivity index (χ1) is 11.0. The summed E-state index contributed by atoms with van der Waals surface area (Å²) in [7, 11) is 1.93. The highest BCUT2D eigenvalue weighted by Crippen LogP contribution is 2.26. The van der Waals surface area contributed by atoms with Crippen LogP contribution in [-0.2, 0) is 16.6 Å². The number of anilines is 1. The third kappa shape index (κ3) is 5.14. The molecule has 2 aromatic rings. The summed E-state index contributed by atoms with van der Waals surface area (Å²) in [6, 6.07) is 7.28. The summed E-state index contributed by atoms with van der Waals surface area (Å²) >= 11 is 1.53. The Labute approximate surface area is 139 Å². The maximum Gasteiger partial charge on any atom is 0.313 e. The van der Waals surface area contributed by atoms with Gasteiger partial charge in [0.25, 0.3) is 0 Å². The second kappa shape index (κ2) is 7.82. The standard InChI is InChI=1S/C16H20N4O2S/c1-11(2)10-18-14(21)15(22)19-12-4-6-13(7-5-12)23-16-17-8-9-20(16)3/h4-9,11H,10H2,1-3H3,(H,18,21)(H,19,22). The Morgan fingerprint density at radius 1 is 1.22 bits per heavy atom. The molecule has 1 heterocycles. The quantitative estimate of drug-likeness (QED) is 0.824. The Morgan fingerprint density at radius 3 is 2.48 bits per heavy atom. The molecule has 0 fully saturated rings. The van der Waals surface area contributed by atoms with Gasteiger partial charge >= 0.3 is 11.8 Å². The number of imidazole rings is 1. The molecule has 0 bridgehead atoms. The van der Waals surface area contributed by atoms with E-state index >= 15 is 0 Å². The topological polar surface area (TPSA) is 76.0 Å². The van der Waals surface area contributed by atoms with E-state index in [9.17, 15) is 9.59 Å². The van der Waals surface area contributed by atoms with E-state index in [2.05, 4.69) is 15.6 Å². The molecule has 1 aromatic heterocycles. The Balaban J connectivity index is 1.91. The average Bonchev–Trinajstić information content (AvgIpc) is 2.92. The third-order valence-corrected chi connectivity index (χ3v) is 4.06. The monoisotopic (exact) mass is 332 g/mol. The predicted octanol–water partition coefficient (Wildman–Crippen LogP) is 2.28. The number of aryl methyl sites for hydroxylation is 1. The molecule has 2 rings (SSSR count). The fraction of sp³-hybridized carbons (Fsp3) is 0.312. The summed E-state index contributed by atoms with van der Waals surface area (Å²) in [5.41, 5.74) is 0.582. The molecule has 0 radical (unpaired) electrons. The van der Waals surface area contributed by atoms with Crippen molar-refractivity contribution in [3.05, 3.63) is 36.7 Å². The van der Waals surface area contributed by atoms with Gasteiger partial charge in [-0.25, -0.2) is 4.98 Å². The number of nitrogens with one attached hydrogen (secondary N) is 2. The van der Waals surface area contributed by atoms with Crippen molar-refractivity contribution in [3.63, 3.8) is 0 Å². The van der Waals surface area contributed by atoms with Gasteiger partial charge in [0.1, 0.15) is 0 Å². The van der Waals surface area contributed by atoms with E-state index in [1.807, 2.05) is 43.8 Å². The van der Waals surface area contributed by atoms with Gasteiger partial charge in [-0.05, 0) is 30.2 Å². The summed E-state index contributed by atoms with van der Waals surface area (Å²) in [6.07, 6.45) is 3.62. The lowest BCUT2D eigenvalue weighted by atomic mass is 10.2. The molecule has 0 saturated carbocycles. The van der Waals surface area contributed by atoms with Crippen LogP contribution in [0.5, 0.6) is 0 Å². The van der Waals surface area contributed by atoms with E-state index < -0.39 is 11.8 Å². The van der Waals surface area contributed by atoms with Gasteiger partial charge in [-0.1, -0.05) is 25.6 Å². The van der Waals surface area contributed by atoms with Gasteiger partial charge in [0.05, 0.1) is 0 Å². The first-order valence-electron chi connectivity index (χ1n) is 7.30. The normalized spacial score (nSPS) is 10.6. The maximum atomic E-state index is 11.8. The fourth-order valence-corrected chi connectivity index (χ4v) is 2.53. The fourth-order valence-electron chi connectivity index (χ4n) is 1.73. The van der Waals surface area contributed by atoms with Crippen molar-refractivity contribution in [1.29, 1.82) is 0 Å². The molecule has 7 heteroatoms. The van der Waals surface area contributed by atoms with Crippen LogP contribution < -0.4 is 10.6 Å². The molecule has 6 nitrogen and oxygen atoms in total. The van der Waals surface area contributed by atoms with Crippen LogP contribution in [0.4, 0.5) is 5.69 Å². The minimum atomic E-state index is -0.657. The van der Waals surface area contributed by atoms with Gasteiger partial charge in [-0.15, -0.1) is 0 Å². The lowest BCUT2D eigenvalue weighted by Gasteiger charge is -2.08. The van der Waals surface area contributed by atoms with Gasteiger partial charge < -0.3 is 15.2 Å². The van der Waals surface area contributed by atoms with Crippen LogP contribution >= 0.6 is 11.8 Å². The van der Waals surface area contributed by atoms with E-state index in [1.54, 1.807) is 18.3 Å². The van der Waals surface area contributed by atoms with Crippen molar-refractivity contribution < 1.29 is 9.59 Å². The lowest BCUT2D eigenvalue weighted by Crippen LogP contribution is -2.37. The second-order valence-electron chi connectivity index (χ2n) is 5.51. The number of hydrogen-bond acceptors (Lipinski definition) is 4. The Morgan fingerprint density at radius 2 is 1.91 bits per heavy atom. The van der Waals surface area contributed by atoms with Crippen LogP contribution in [-0.4, -0.2) is 27.9 Å². The Bertz CT molecular complexity index is 680. The molecule has 0 aliphatic heterocycles. The first kappa shape index (κ1) is 17.1. The van der Waals surface area contributed by atoms with Crippen LogP contribution in [0, 0.1) is 5.92 Å². The van der Waals surface area contributed by atoms with Crippen molar-refractivity contribution in [3.8, 4) is 0 Å². The summed E-state index contributed by atoms with van der Waals surface area (Å²) in [5, 5.41) is 6.05. The smallest absolute Gasteiger partial charge is 0.313 e. The third-order valence-electron chi connectivity index (χ3n) is 2.98. The van der Waals surface area contributed by atoms with Crippen LogP contribution in [0.2, 0.25) is 0 Å². The maximum absolute atomic E-state index is 11.8. The zero-order chi connectivity index (χ0) is 16.8. The number of nitrogens with zero attached hydrogens (tertiary/aromatic N) is 2. The largest absolute Gasteiger partial charge is 0.348 e. The highest BCUT2D eigenvalue weighted by molar-refractivity contribution is 7.99. The number of benzene rings is 1. The van der Waals surface area contributed by atoms with Crippen LogP contribution in [0.25, 0.3) is 0 Å². The van der Waals surface area contributed by atoms with Crippen molar-refractivity contribution in [2.75, 3.05) is 11.9 Å². The van der Waals surface area contributed by atoms with Gasteiger partial charge in [0.15, 0.2) is 5.16 Å². The molecule has 0 aliphatic rings. The van der Waals surface area contributed by atoms with E-state index in [0.717, 1.165) is 10.1 Å². The molecule has 23 heavy (non-hydrogen) atoms. The van der Waals surface area contributed by atoms with Crippen LogP contribution in [0.3, 0.4) is 0 Å². The zero-order valence-electron chi connectivity index (χ0n) is 13.4. The van der Waals surface area contributed by atoms with Gasteiger partial charge in [0, 0.05) is 36.6 Å². The van der Waals surface area contributed by atoms with Crippen molar-refractivity contribution in [1.82, 2.24) is 14.9 Å². The molecular weight excluding hydrogens is 312 g/mol. The predicted molar refractivity (Wildman–Crippen MR) is 90.3 cm³/mol. The molecule has 0 unspecified atom stereocenters. The summed E-state index contributed by atoms with van der Waals surface area (Å²) < 4.78 is 1.93. The summed E-state index contributed by atoms with van der Waals surface area (Å²) in [4.78, 5) is 28.6. The second-order valence-corrected chi connectivity index (χ2v) is 6.55. The molecule has 122 valence electrons. The summed E-state index contributed by atoms with van der Waals surface area (Å²) in [5.74, 6) is -0.977. The lowest BCUT2D eigenvalue weighted by molar-refractivity contribution is -0.136. The molecular formula is C16H20N4O2S. The number of hydrogen-bond donors (Lipinski definition) is 2. The molecule has 2 N–H and O–H groups in total. The van der Waals surface area contributed by atoms with E-state index in [4.69, 9.17) is 0 Å². The van der Waals surface area contributed by atoms with E-state index in [-0.39, 0.29) is 0 Å². The minimum Gasteiger partial charge on any atom is -0.348 e. The average molecular weight is 332 g/mol. The number of carbonyl (C=O) groups is 2. The minimum absolute atomic E-state index is 0.300. The molecule has 1 aromatic carbocycles. The van der Waals surface area contributed by atoms with Crippen LogP contribution in [0.15, 0.2) is 46.7 Å². The van der Waals surface area contributed by atoms with Gasteiger partial charge in [-0.3, -0.25) is 9.59 Å². The van der Waals surface area contributed by atoms with Crippen molar-refractivity contribution in [2.45, 2.75) is 23.9 Å². The molecule has 0 aliphatic carbocycles. The Hall–Kier alpha value is -2.28. The number of amides is 2. The number of rotatable bonds is 5. The number of aromatic nitrogens is 2. The van der Waals surface area contributed by atoms with Gasteiger partial charge in [-0.2, -0.15) is 0 Å². The molecule has 2 amide bonds. The number of carbonyl (C=O) groups excluding carboxylic acids is 2. The van der Waals surface area contributed by atoms with Crippen LogP contribution in [0.1, 0.15) is 13.8 Å². The molecule has 0 atom stereocenters. The van der Waals surface area contributed by atoms with E-state index in [1.165, 1.54) is 11.8 Å². The van der Waals surface area contributed by atoms with E-state index in [0.29, 0.717) is 18.2 Å². The summed E-state index contributed by atoms with van der Waals surface area (Å²) in [6.45, 7) is 4.41.